The summed E-state index contributed by atoms with van der Waals surface area (Å²) in [5.41, 5.74) is 0. The summed E-state index contributed by atoms with van der Waals surface area (Å²) in [4.78, 5) is 24.9. The average molecular weight is 285 g/mol. The summed E-state index contributed by atoms with van der Waals surface area (Å²) in [6, 6.07) is -1.19. The lowest BCUT2D eigenvalue weighted by Gasteiger charge is -2.37. The van der Waals surface area contributed by atoms with Gasteiger partial charge >= 0.3 is 12.3 Å². The Morgan fingerprint density at radius 3 is 2.42 bits per heavy atom. The van der Waals surface area contributed by atoms with Crippen LogP contribution in [0.3, 0.4) is 0 Å². The Morgan fingerprint density at radius 1 is 1.37 bits per heavy atom. The molecule has 1 fully saturated rings. The number of hydrogen-bond acceptors (Lipinski definition) is 3. The number of hydrogen-bond donors (Lipinski definition) is 1. The van der Waals surface area contributed by atoms with Gasteiger partial charge in [0.15, 0.2) is 0 Å². The SMILES string of the molecule is CN(C)C(=O)C1CNCCN1C(=O)C(F)(F)C(F)F. The minimum atomic E-state index is -4.78. The van der Waals surface area contributed by atoms with Gasteiger partial charge in [-0.05, 0) is 0 Å². The molecule has 1 aliphatic heterocycles. The van der Waals surface area contributed by atoms with E-state index in [1.807, 2.05) is 0 Å². The van der Waals surface area contributed by atoms with Crippen LogP contribution in [0, 0.1) is 0 Å². The maximum absolute atomic E-state index is 13.1. The molecule has 1 saturated heterocycles. The van der Waals surface area contributed by atoms with Gasteiger partial charge in [0.1, 0.15) is 6.04 Å². The number of nitrogens with zero attached hydrogens (tertiary/aromatic N) is 2. The molecule has 1 atom stereocenters. The first-order chi connectivity index (χ1) is 8.69. The number of carbonyl (C=O) groups excluding carboxylic acids is 2. The zero-order valence-electron chi connectivity index (χ0n) is 10.5. The molecule has 1 unspecified atom stereocenters. The van der Waals surface area contributed by atoms with Crippen molar-refractivity contribution in [2.75, 3.05) is 33.7 Å². The summed E-state index contributed by atoms with van der Waals surface area (Å²) < 4.78 is 50.5. The minimum absolute atomic E-state index is 0.0396. The van der Waals surface area contributed by atoms with Crippen molar-refractivity contribution in [2.24, 2.45) is 0 Å². The van der Waals surface area contributed by atoms with Gasteiger partial charge in [-0.2, -0.15) is 8.78 Å². The van der Waals surface area contributed by atoms with E-state index in [9.17, 15) is 27.2 Å². The molecule has 19 heavy (non-hydrogen) atoms. The van der Waals surface area contributed by atoms with Crippen LogP contribution in [-0.2, 0) is 9.59 Å². The number of likely N-dealkylation sites (N-methyl/N-ethyl adjacent to an activating group) is 1. The Bertz CT molecular complexity index is 363. The molecule has 1 heterocycles. The van der Waals surface area contributed by atoms with Crippen LogP contribution >= 0.6 is 0 Å². The summed E-state index contributed by atoms with van der Waals surface area (Å²) in [7, 11) is 2.79. The summed E-state index contributed by atoms with van der Waals surface area (Å²) in [5.74, 6) is -7.38. The van der Waals surface area contributed by atoms with Crippen LogP contribution < -0.4 is 5.32 Å². The van der Waals surface area contributed by atoms with Crippen molar-refractivity contribution in [3.63, 3.8) is 0 Å². The van der Waals surface area contributed by atoms with E-state index in [-0.39, 0.29) is 19.6 Å². The van der Waals surface area contributed by atoms with Gasteiger partial charge in [-0.25, -0.2) is 8.78 Å². The number of carbonyl (C=O) groups is 2. The van der Waals surface area contributed by atoms with Crippen LogP contribution in [0.1, 0.15) is 0 Å². The second-order valence-corrected chi connectivity index (χ2v) is 4.37. The zero-order valence-corrected chi connectivity index (χ0v) is 10.5. The highest BCUT2D eigenvalue weighted by Crippen LogP contribution is 2.26. The van der Waals surface area contributed by atoms with Gasteiger partial charge in [0, 0.05) is 33.7 Å². The maximum Gasteiger partial charge on any atom is 0.383 e. The van der Waals surface area contributed by atoms with Crippen LogP contribution in [-0.4, -0.2) is 73.7 Å². The van der Waals surface area contributed by atoms with Crippen molar-refractivity contribution in [2.45, 2.75) is 18.4 Å². The average Bonchev–Trinajstić information content (AvgIpc) is 2.36. The molecule has 0 aliphatic carbocycles. The monoisotopic (exact) mass is 285 g/mol. The van der Waals surface area contributed by atoms with E-state index < -0.39 is 30.2 Å². The van der Waals surface area contributed by atoms with E-state index >= 15 is 0 Å². The van der Waals surface area contributed by atoms with Crippen LogP contribution in [0.25, 0.3) is 0 Å². The first-order valence-electron chi connectivity index (χ1n) is 5.58. The molecule has 0 aromatic carbocycles. The molecular formula is C10H15F4N3O2. The summed E-state index contributed by atoms with van der Waals surface area (Å²) in [6.07, 6.45) is -4.09. The summed E-state index contributed by atoms with van der Waals surface area (Å²) in [6.45, 7) is -0.0876. The summed E-state index contributed by atoms with van der Waals surface area (Å²) >= 11 is 0. The predicted octanol–water partition coefficient (Wildman–Crippen LogP) is -0.225. The largest absolute Gasteiger partial charge is 0.383 e. The van der Waals surface area contributed by atoms with E-state index in [1.165, 1.54) is 14.1 Å². The van der Waals surface area contributed by atoms with Crippen molar-refractivity contribution in [3.8, 4) is 0 Å². The molecule has 0 aromatic rings. The number of halogens is 4. The van der Waals surface area contributed by atoms with E-state index in [2.05, 4.69) is 5.32 Å². The van der Waals surface area contributed by atoms with Gasteiger partial charge in [0.2, 0.25) is 5.91 Å². The van der Waals surface area contributed by atoms with Crippen LogP contribution in [0.15, 0.2) is 0 Å². The topological polar surface area (TPSA) is 52.7 Å². The van der Waals surface area contributed by atoms with E-state index in [1.54, 1.807) is 0 Å². The number of nitrogens with one attached hydrogen (secondary N) is 1. The molecule has 9 heteroatoms. The van der Waals surface area contributed by atoms with Crippen LogP contribution in [0.2, 0.25) is 0 Å². The maximum atomic E-state index is 13.1. The lowest BCUT2D eigenvalue weighted by molar-refractivity contribution is -0.185. The van der Waals surface area contributed by atoms with Crippen molar-refractivity contribution in [3.05, 3.63) is 0 Å². The Morgan fingerprint density at radius 2 is 1.95 bits per heavy atom. The first-order valence-corrected chi connectivity index (χ1v) is 5.58. The fourth-order valence-electron chi connectivity index (χ4n) is 1.75. The van der Waals surface area contributed by atoms with Crippen molar-refractivity contribution < 1.29 is 27.2 Å². The normalized spacial score (nSPS) is 20.6. The molecule has 110 valence electrons. The van der Waals surface area contributed by atoms with Gasteiger partial charge in [0.05, 0.1) is 0 Å². The van der Waals surface area contributed by atoms with E-state index in [0.29, 0.717) is 4.90 Å². The Hall–Kier alpha value is -1.38. The standard InChI is InChI=1S/C10H15F4N3O2/c1-16(2)7(18)6-5-15-3-4-17(6)9(19)10(13,14)8(11)12/h6,8,15H,3-5H2,1-2H3. The fraction of sp³-hybridized carbons (Fsp3) is 0.800. The third-order valence-electron chi connectivity index (χ3n) is 2.79. The van der Waals surface area contributed by atoms with Crippen molar-refractivity contribution >= 4 is 11.8 Å². The van der Waals surface area contributed by atoms with Gasteiger partial charge in [-0.3, -0.25) is 9.59 Å². The van der Waals surface area contributed by atoms with Gasteiger partial charge in [-0.1, -0.05) is 0 Å². The molecule has 0 aromatic heterocycles. The van der Waals surface area contributed by atoms with E-state index in [0.717, 1.165) is 4.90 Å². The van der Waals surface area contributed by atoms with Crippen LogP contribution in [0.5, 0.6) is 0 Å². The van der Waals surface area contributed by atoms with E-state index in [4.69, 9.17) is 0 Å². The molecule has 1 rings (SSSR count). The van der Waals surface area contributed by atoms with Gasteiger partial charge in [-0.15, -0.1) is 0 Å². The number of rotatable bonds is 3. The Kier molecular flexibility index (Phi) is 4.72. The molecule has 1 aliphatic rings. The molecule has 1 N–H and O–H groups in total. The van der Waals surface area contributed by atoms with Crippen molar-refractivity contribution in [1.82, 2.24) is 15.1 Å². The Balaban J connectivity index is 2.95. The van der Waals surface area contributed by atoms with Gasteiger partial charge < -0.3 is 15.1 Å². The second-order valence-electron chi connectivity index (χ2n) is 4.37. The third kappa shape index (κ3) is 3.14. The minimum Gasteiger partial charge on any atom is -0.347 e. The molecule has 0 bridgehead atoms. The number of alkyl halides is 4. The molecule has 0 saturated carbocycles. The van der Waals surface area contributed by atoms with Gasteiger partial charge in [0.25, 0.3) is 5.91 Å². The molecular weight excluding hydrogens is 270 g/mol. The highest BCUT2D eigenvalue weighted by atomic mass is 19.3. The Labute approximate surface area is 107 Å². The van der Waals surface area contributed by atoms with Crippen LogP contribution in [0.4, 0.5) is 17.6 Å². The first kappa shape index (κ1) is 15.7. The number of piperazine rings is 1. The second kappa shape index (κ2) is 5.72. The van der Waals surface area contributed by atoms with Crippen molar-refractivity contribution in [1.29, 1.82) is 0 Å². The smallest absolute Gasteiger partial charge is 0.347 e. The highest BCUT2D eigenvalue weighted by Gasteiger charge is 2.53. The molecule has 5 nitrogen and oxygen atoms in total. The quantitative estimate of drug-likeness (QED) is 0.729. The highest BCUT2D eigenvalue weighted by molar-refractivity contribution is 5.91. The molecule has 0 radical (unpaired) electrons. The lowest BCUT2D eigenvalue weighted by atomic mass is 10.1. The summed E-state index contributed by atoms with van der Waals surface area (Å²) in [5, 5.41) is 2.76. The zero-order chi connectivity index (χ0) is 14.8. The predicted molar refractivity (Wildman–Crippen MR) is 58.0 cm³/mol. The lowest BCUT2D eigenvalue weighted by Crippen LogP contribution is -2.63. The molecule has 2 amide bonds. The molecule has 0 spiro atoms. The third-order valence-corrected chi connectivity index (χ3v) is 2.79. The number of amides is 2. The fourth-order valence-corrected chi connectivity index (χ4v) is 1.75.